The zero-order valence-corrected chi connectivity index (χ0v) is 6.21. The fourth-order valence-corrected chi connectivity index (χ4v) is 0.451. The molecule has 2 nitrogen and oxygen atoms in total. The van der Waals surface area contributed by atoms with Gasteiger partial charge in [0.05, 0.1) is 26.4 Å². The van der Waals surface area contributed by atoms with Crippen LogP contribution in [0.4, 0.5) is 0 Å². The first-order chi connectivity index (χ1) is 4.91. The Kier molecular flexibility index (Phi) is 7.90. The molecule has 0 aromatic rings. The molecule has 0 bridgehead atoms. The molecule has 0 atom stereocenters. The third kappa shape index (κ3) is 7.40. The first-order valence-electron chi connectivity index (χ1n) is 3.29. The molecule has 0 N–H and O–H groups in total. The van der Waals surface area contributed by atoms with Gasteiger partial charge in [0.1, 0.15) is 0 Å². The number of hydrogen-bond donors (Lipinski definition) is 0. The van der Waals surface area contributed by atoms with Crippen LogP contribution >= 0.6 is 0 Å². The summed E-state index contributed by atoms with van der Waals surface area (Å²) in [5, 5.41) is 0. The lowest BCUT2D eigenvalue weighted by Gasteiger charge is -2.00. The van der Waals surface area contributed by atoms with E-state index in [4.69, 9.17) is 9.47 Å². The van der Waals surface area contributed by atoms with Gasteiger partial charge in [-0.05, 0) is 0 Å². The number of ether oxygens (including phenoxy) is 2. The third-order valence-electron chi connectivity index (χ3n) is 0.843. The normalized spacial score (nSPS) is 9.20. The van der Waals surface area contributed by atoms with Gasteiger partial charge in [-0.25, -0.2) is 0 Å². The summed E-state index contributed by atoms with van der Waals surface area (Å²) in [5.74, 6) is 0. The second kappa shape index (κ2) is 8.40. The van der Waals surface area contributed by atoms with Crippen LogP contribution in [-0.4, -0.2) is 26.4 Å². The molecule has 0 aromatic heterocycles. The van der Waals surface area contributed by atoms with Crippen molar-refractivity contribution in [1.82, 2.24) is 0 Å². The van der Waals surface area contributed by atoms with E-state index in [0.717, 1.165) is 0 Å². The molecule has 0 heterocycles. The molecule has 0 saturated heterocycles. The Hall–Kier alpha value is -0.600. The summed E-state index contributed by atoms with van der Waals surface area (Å²) >= 11 is 0. The van der Waals surface area contributed by atoms with Gasteiger partial charge in [0.15, 0.2) is 0 Å². The highest BCUT2D eigenvalue weighted by Crippen LogP contribution is 1.78. The van der Waals surface area contributed by atoms with Crippen molar-refractivity contribution in [1.29, 1.82) is 0 Å². The molecule has 10 heavy (non-hydrogen) atoms. The van der Waals surface area contributed by atoms with E-state index in [-0.39, 0.29) is 0 Å². The first-order valence-corrected chi connectivity index (χ1v) is 3.29. The smallest absolute Gasteiger partial charge is 0.0704 e. The predicted octanol–water partition coefficient (Wildman–Crippen LogP) is 1.39. The lowest BCUT2D eigenvalue weighted by atomic mass is 10.6. The summed E-state index contributed by atoms with van der Waals surface area (Å²) in [6, 6.07) is 0. The molecule has 2 heteroatoms. The summed E-state index contributed by atoms with van der Waals surface area (Å²) in [4.78, 5) is 0. The van der Waals surface area contributed by atoms with E-state index in [2.05, 4.69) is 13.2 Å². The van der Waals surface area contributed by atoms with Crippen molar-refractivity contribution in [2.24, 2.45) is 0 Å². The molecule has 58 valence electrons. The largest absolute Gasteiger partial charge is 0.375 e. The van der Waals surface area contributed by atoms with Crippen LogP contribution in [0, 0.1) is 0 Å². The second-order valence-electron chi connectivity index (χ2n) is 1.73. The molecule has 0 aliphatic heterocycles. The molecule has 0 rings (SSSR count). The minimum absolute atomic E-state index is 0.595. The summed E-state index contributed by atoms with van der Waals surface area (Å²) in [6.45, 7) is 9.46. The lowest BCUT2D eigenvalue weighted by molar-refractivity contribution is 0.0710. The minimum atomic E-state index is 0.595. The Labute approximate surface area is 62.1 Å². The van der Waals surface area contributed by atoms with Gasteiger partial charge in [-0.15, -0.1) is 13.2 Å². The Bertz CT molecular complexity index is 77.3. The monoisotopic (exact) mass is 142 g/mol. The Morgan fingerprint density at radius 1 is 0.900 bits per heavy atom. The molecule has 0 aliphatic carbocycles. The van der Waals surface area contributed by atoms with Gasteiger partial charge in [-0.1, -0.05) is 12.2 Å². The van der Waals surface area contributed by atoms with Crippen molar-refractivity contribution in [3.05, 3.63) is 25.3 Å². The molecule has 0 saturated carbocycles. The maximum absolute atomic E-state index is 5.05. The summed E-state index contributed by atoms with van der Waals surface area (Å²) in [6.07, 6.45) is 3.43. The average Bonchev–Trinajstić information content (AvgIpc) is 1.97. The average molecular weight is 142 g/mol. The summed E-state index contributed by atoms with van der Waals surface area (Å²) in [5.41, 5.74) is 0. The Morgan fingerprint density at radius 3 is 1.60 bits per heavy atom. The van der Waals surface area contributed by atoms with Crippen LogP contribution in [0.15, 0.2) is 25.3 Å². The van der Waals surface area contributed by atoms with Gasteiger partial charge in [0.25, 0.3) is 0 Å². The van der Waals surface area contributed by atoms with Crippen molar-refractivity contribution in [2.45, 2.75) is 0 Å². The standard InChI is InChI=1S/C8H14O2/c1-3-5-9-7-8-10-6-4-2/h3-4H,1-2,5-8H2. The molecule has 0 aliphatic rings. The minimum Gasteiger partial charge on any atom is -0.375 e. The van der Waals surface area contributed by atoms with Crippen LogP contribution in [0.2, 0.25) is 0 Å². The fourth-order valence-electron chi connectivity index (χ4n) is 0.451. The van der Waals surface area contributed by atoms with E-state index < -0.39 is 0 Å². The highest BCUT2D eigenvalue weighted by Gasteiger charge is 1.83. The summed E-state index contributed by atoms with van der Waals surface area (Å²) < 4.78 is 10.1. The highest BCUT2D eigenvalue weighted by atomic mass is 16.5. The zero-order valence-electron chi connectivity index (χ0n) is 6.21. The molecular weight excluding hydrogens is 128 g/mol. The van der Waals surface area contributed by atoms with Crippen molar-refractivity contribution in [2.75, 3.05) is 26.4 Å². The molecular formula is C8H14O2. The quantitative estimate of drug-likeness (QED) is 0.395. The fraction of sp³-hybridized carbons (Fsp3) is 0.500. The van der Waals surface area contributed by atoms with Crippen LogP contribution in [0.25, 0.3) is 0 Å². The van der Waals surface area contributed by atoms with E-state index in [1.807, 2.05) is 0 Å². The maximum atomic E-state index is 5.05. The molecule has 0 radical (unpaired) electrons. The molecule has 0 fully saturated rings. The SMILES string of the molecule is C=CCOCCOCC=C. The van der Waals surface area contributed by atoms with E-state index in [1.165, 1.54) is 0 Å². The molecule has 0 amide bonds. The highest BCUT2D eigenvalue weighted by molar-refractivity contribution is 4.64. The van der Waals surface area contributed by atoms with Crippen LogP contribution in [0.3, 0.4) is 0 Å². The van der Waals surface area contributed by atoms with E-state index in [0.29, 0.717) is 26.4 Å². The predicted molar refractivity (Wildman–Crippen MR) is 42.0 cm³/mol. The Morgan fingerprint density at radius 2 is 1.30 bits per heavy atom. The van der Waals surface area contributed by atoms with Crippen molar-refractivity contribution in [3.8, 4) is 0 Å². The summed E-state index contributed by atoms with van der Waals surface area (Å²) in [7, 11) is 0. The maximum Gasteiger partial charge on any atom is 0.0704 e. The van der Waals surface area contributed by atoms with Gasteiger partial charge >= 0.3 is 0 Å². The van der Waals surface area contributed by atoms with E-state index >= 15 is 0 Å². The molecule has 0 unspecified atom stereocenters. The van der Waals surface area contributed by atoms with Gasteiger partial charge in [0.2, 0.25) is 0 Å². The first kappa shape index (κ1) is 9.40. The van der Waals surface area contributed by atoms with Gasteiger partial charge in [-0.3, -0.25) is 0 Å². The van der Waals surface area contributed by atoms with Gasteiger partial charge in [0, 0.05) is 0 Å². The van der Waals surface area contributed by atoms with Crippen LogP contribution in [0.1, 0.15) is 0 Å². The van der Waals surface area contributed by atoms with Crippen molar-refractivity contribution in [3.63, 3.8) is 0 Å². The second-order valence-corrected chi connectivity index (χ2v) is 1.73. The Balaban J connectivity index is 2.76. The number of rotatable bonds is 7. The van der Waals surface area contributed by atoms with E-state index in [9.17, 15) is 0 Å². The lowest BCUT2D eigenvalue weighted by Crippen LogP contribution is -2.03. The zero-order chi connectivity index (χ0) is 7.66. The van der Waals surface area contributed by atoms with Crippen LogP contribution in [0.5, 0.6) is 0 Å². The third-order valence-corrected chi connectivity index (χ3v) is 0.843. The molecule has 0 aromatic carbocycles. The van der Waals surface area contributed by atoms with Gasteiger partial charge in [-0.2, -0.15) is 0 Å². The van der Waals surface area contributed by atoms with E-state index in [1.54, 1.807) is 12.2 Å². The van der Waals surface area contributed by atoms with Crippen molar-refractivity contribution >= 4 is 0 Å². The topological polar surface area (TPSA) is 18.5 Å². The number of hydrogen-bond acceptors (Lipinski definition) is 2. The van der Waals surface area contributed by atoms with Crippen molar-refractivity contribution < 1.29 is 9.47 Å². The molecule has 0 spiro atoms. The van der Waals surface area contributed by atoms with Crippen LogP contribution < -0.4 is 0 Å². The van der Waals surface area contributed by atoms with Crippen LogP contribution in [-0.2, 0) is 9.47 Å². The van der Waals surface area contributed by atoms with Gasteiger partial charge < -0.3 is 9.47 Å².